The molecule has 0 aliphatic heterocycles. The molecule has 0 spiro atoms. The third-order valence-electron chi connectivity index (χ3n) is 2.26. The molecule has 1 nitrogen and oxygen atoms in total. The first kappa shape index (κ1) is 10.1. The highest BCUT2D eigenvalue weighted by atomic mass is 79.9. The molecule has 0 aliphatic rings. The number of hydrogen-bond acceptors (Lipinski definition) is 1. The predicted octanol–water partition coefficient (Wildman–Crippen LogP) is 4.38. The summed E-state index contributed by atoms with van der Waals surface area (Å²) in [4.78, 5) is 4.56. The van der Waals surface area contributed by atoms with Gasteiger partial charge in [0.15, 0.2) is 0 Å². The van der Waals surface area contributed by atoms with E-state index in [0.29, 0.717) is 0 Å². The molecule has 0 radical (unpaired) electrons. The molecule has 0 aliphatic carbocycles. The van der Waals surface area contributed by atoms with Crippen molar-refractivity contribution in [3.05, 3.63) is 38.4 Å². The van der Waals surface area contributed by atoms with E-state index < -0.39 is 0 Å². The number of benzene rings is 1. The molecule has 3 heteroatoms. The smallest absolute Gasteiger partial charge is 0.0746 e. The van der Waals surface area contributed by atoms with Gasteiger partial charge in [0.2, 0.25) is 0 Å². The van der Waals surface area contributed by atoms with Gasteiger partial charge in [-0.2, -0.15) is 0 Å². The Labute approximate surface area is 99.8 Å². The van der Waals surface area contributed by atoms with Crippen LogP contribution in [-0.2, 0) is 0 Å². The summed E-state index contributed by atoms with van der Waals surface area (Å²) in [6, 6.07) is 6.20. The molecule has 72 valence electrons. The van der Waals surface area contributed by atoms with Crippen LogP contribution in [0.1, 0.15) is 11.3 Å². The molecule has 14 heavy (non-hydrogen) atoms. The lowest BCUT2D eigenvalue weighted by atomic mass is 10.1. The number of aryl methyl sites for hydroxylation is 2. The van der Waals surface area contributed by atoms with Crippen LogP contribution in [0.4, 0.5) is 0 Å². The number of para-hydroxylation sites is 1. The topological polar surface area (TPSA) is 12.9 Å². The first-order valence-electron chi connectivity index (χ1n) is 4.32. The number of fused-ring (bicyclic) bond motifs is 1. The average molecular weight is 315 g/mol. The molecule has 2 rings (SSSR count). The van der Waals surface area contributed by atoms with Gasteiger partial charge >= 0.3 is 0 Å². The highest BCUT2D eigenvalue weighted by Gasteiger charge is 2.08. The summed E-state index contributed by atoms with van der Waals surface area (Å²) in [5, 5.41) is 1.16. The summed E-state index contributed by atoms with van der Waals surface area (Å²) in [7, 11) is 0. The largest absolute Gasteiger partial charge is 0.252 e. The predicted molar refractivity (Wildman–Crippen MR) is 66.6 cm³/mol. The monoisotopic (exact) mass is 313 g/mol. The van der Waals surface area contributed by atoms with Crippen LogP contribution >= 0.6 is 31.9 Å². The zero-order valence-electron chi connectivity index (χ0n) is 7.94. The second-order valence-corrected chi connectivity index (χ2v) is 4.88. The fraction of sp³-hybridized carbons (Fsp3) is 0.182. The molecule has 2 aromatic rings. The molecule has 1 aromatic carbocycles. The zero-order chi connectivity index (χ0) is 10.3. The van der Waals surface area contributed by atoms with Crippen LogP contribution in [-0.4, -0.2) is 4.98 Å². The number of aromatic nitrogens is 1. The van der Waals surface area contributed by atoms with Gasteiger partial charge in [-0.3, -0.25) is 4.98 Å². The maximum Gasteiger partial charge on any atom is 0.0746 e. The molecule has 1 aromatic heterocycles. The van der Waals surface area contributed by atoms with E-state index >= 15 is 0 Å². The van der Waals surface area contributed by atoms with E-state index in [1.165, 1.54) is 5.56 Å². The SMILES string of the molecule is Cc1nc2c(C)cccc2c(Br)c1Br. The van der Waals surface area contributed by atoms with Gasteiger partial charge in [0, 0.05) is 9.86 Å². The normalized spacial score (nSPS) is 10.9. The van der Waals surface area contributed by atoms with Crippen LogP contribution in [0, 0.1) is 13.8 Å². The average Bonchev–Trinajstić information content (AvgIpc) is 2.17. The Balaban J connectivity index is 2.98. The second kappa shape index (κ2) is 3.63. The molecule has 0 atom stereocenters. The third-order valence-corrected chi connectivity index (χ3v) is 4.59. The Morgan fingerprint density at radius 3 is 2.50 bits per heavy atom. The minimum Gasteiger partial charge on any atom is -0.252 e. The molecule has 0 saturated carbocycles. The van der Waals surface area contributed by atoms with E-state index in [1.54, 1.807) is 0 Å². The molecule has 0 unspecified atom stereocenters. The van der Waals surface area contributed by atoms with Crippen LogP contribution < -0.4 is 0 Å². The fourth-order valence-corrected chi connectivity index (χ4v) is 2.39. The van der Waals surface area contributed by atoms with Crippen molar-refractivity contribution in [1.29, 1.82) is 0 Å². The van der Waals surface area contributed by atoms with Crippen LogP contribution in [0.3, 0.4) is 0 Å². The van der Waals surface area contributed by atoms with Crippen molar-refractivity contribution < 1.29 is 0 Å². The van der Waals surface area contributed by atoms with Crippen molar-refractivity contribution in [3.63, 3.8) is 0 Å². The highest BCUT2D eigenvalue weighted by Crippen LogP contribution is 2.33. The molecular formula is C11H9Br2N. The quantitative estimate of drug-likeness (QED) is 0.703. The van der Waals surface area contributed by atoms with Crippen LogP contribution in [0.5, 0.6) is 0 Å². The minimum absolute atomic E-state index is 1.01. The summed E-state index contributed by atoms with van der Waals surface area (Å²) in [5.41, 5.74) is 3.29. The van der Waals surface area contributed by atoms with Gasteiger partial charge in [-0.1, -0.05) is 18.2 Å². The van der Waals surface area contributed by atoms with Crippen molar-refractivity contribution >= 4 is 42.8 Å². The lowest BCUT2D eigenvalue weighted by Gasteiger charge is -2.07. The molecule has 0 bridgehead atoms. The van der Waals surface area contributed by atoms with Crippen molar-refractivity contribution in [3.8, 4) is 0 Å². The summed E-state index contributed by atoms with van der Waals surface area (Å²) in [6.45, 7) is 4.08. The van der Waals surface area contributed by atoms with E-state index in [0.717, 1.165) is 25.5 Å². The van der Waals surface area contributed by atoms with E-state index in [2.05, 4.69) is 55.9 Å². The summed E-state index contributed by atoms with van der Waals surface area (Å²) >= 11 is 7.09. The summed E-state index contributed by atoms with van der Waals surface area (Å²) in [6.07, 6.45) is 0. The maximum absolute atomic E-state index is 4.56. The summed E-state index contributed by atoms with van der Waals surface area (Å²) in [5.74, 6) is 0. The van der Waals surface area contributed by atoms with Crippen molar-refractivity contribution in [2.75, 3.05) is 0 Å². The van der Waals surface area contributed by atoms with Gasteiger partial charge in [0.05, 0.1) is 15.7 Å². The highest BCUT2D eigenvalue weighted by molar-refractivity contribution is 9.13. The first-order valence-corrected chi connectivity index (χ1v) is 5.91. The van der Waals surface area contributed by atoms with Crippen LogP contribution in [0.25, 0.3) is 10.9 Å². The lowest BCUT2D eigenvalue weighted by Crippen LogP contribution is -1.90. The molecular weight excluding hydrogens is 306 g/mol. The van der Waals surface area contributed by atoms with Gasteiger partial charge in [0.25, 0.3) is 0 Å². The van der Waals surface area contributed by atoms with E-state index in [4.69, 9.17) is 0 Å². The standard InChI is InChI=1S/C11H9Br2N/c1-6-4-3-5-8-10(13)9(12)7(2)14-11(6)8/h3-5H,1-2H3. The zero-order valence-corrected chi connectivity index (χ0v) is 11.1. The van der Waals surface area contributed by atoms with Crippen LogP contribution in [0.15, 0.2) is 27.1 Å². The van der Waals surface area contributed by atoms with Crippen molar-refractivity contribution in [2.24, 2.45) is 0 Å². The fourth-order valence-electron chi connectivity index (χ4n) is 1.48. The number of hydrogen-bond donors (Lipinski definition) is 0. The molecule has 0 amide bonds. The maximum atomic E-state index is 4.56. The molecule has 0 saturated heterocycles. The van der Waals surface area contributed by atoms with Gasteiger partial charge < -0.3 is 0 Å². The Morgan fingerprint density at radius 2 is 1.79 bits per heavy atom. The van der Waals surface area contributed by atoms with Crippen LogP contribution in [0.2, 0.25) is 0 Å². The molecule has 0 fully saturated rings. The van der Waals surface area contributed by atoms with E-state index in [1.807, 2.05) is 13.0 Å². The van der Waals surface area contributed by atoms with Gasteiger partial charge in [-0.05, 0) is 51.3 Å². The lowest BCUT2D eigenvalue weighted by molar-refractivity contribution is 1.21. The van der Waals surface area contributed by atoms with Gasteiger partial charge in [0.1, 0.15) is 0 Å². The number of pyridine rings is 1. The van der Waals surface area contributed by atoms with Gasteiger partial charge in [-0.15, -0.1) is 0 Å². The van der Waals surface area contributed by atoms with Crippen molar-refractivity contribution in [2.45, 2.75) is 13.8 Å². The number of rotatable bonds is 0. The van der Waals surface area contributed by atoms with Gasteiger partial charge in [-0.25, -0.2) is 0 Å². The Bertz CT molecular complexity index is 506. The Hall–Kier alpha value is -0.410. The second-order valence-electron chi connectivity index (χ2n) is 3.30. The Kier molecular flexibility index (Phi) is 2.62. The minimum atomic E-state index is 1.01. The third kappa shape index (κ3) is 1.48. The first-order chi connectivity index (χ1) is 6.61. The Morgan fingerprint density at radius 1 is 1.07 bits per heavy atom. The number of nitrogens with zero attached hydrogens (tertiary/aromatic N) is 1. The van der Waals surface area contributed by atoms with E-state index in [9.17, 15) is 0 Å². The van der Waals surface area contributed by atoms with Crippen molar-refractivity contribution in [1.82, 2.24) is 4.98 Å². The molecule has 1 heterocycles. The number of halogens is 2. The summed E-state index contributed by atoms with van der Waals surface area (Å²) < 4.78 is 2.12. The van der Waals surface area contributed by atoms with E-state index in [-0.39, 0.29) is 0 Å². The molecule has 0 N–H and O–H groups in total.